The first-order valence-electron chi connectivity index (χ1n) is 5.66. The average Bonchev–Trinajstić information content (AvgIpc) is 2.45. The quantitative estimate of drug-likeness (QED) is 0.733. The molecule has 1 N–H and O–H groups in total. The van der Waals surface area contributed by atoms with Crippen LogP contribution >= 0.6 is 0 Å². The molecule has 0 bridgehead atoms. The summed E-state index contributed by atoms with van der Waals surface area (Å²) in [6.45, 7) is 2.65. The minimum Gasteiger partial charge on any atom is -0.475 e. The van der Waals surface area contributed by atoms with Gasteiger partial charge in [-0.25, -0.2) is 9.78 Å². The first-order chi connectivity index (χ1) is 8.79. The molecule has 1 atom stereocenters. The number of ether oxygens (including phenoxy) is 3. The lowest BCUT2D eigenvalue weighted by atomic mass is 10.3. The zero-order valence-electron chi connectivity index (χ0n) is 10.1. The number of hydrogen-bond donors (Lipinski definition) is 1. The van der Waals surface area contributed by atoms with Crippen LogP contribution in [0, 0.1) is 0 Å². The molecule has 0 spiro atoms. The van der Waals surface area contributed by atoms with Gasteiger partial charge in [0.1, 0.15) is 12.7 Å². The van der Waals surface area contributed by atoms with Gasteiger partial charge in [-0.2, -0.15) is 4.98 Å². The molecule has 98 valence electrons. The Morgan fingerprint density at radius 3 is 3.28 bits per heavy atom. The van der Waals surface area contributed by atoms with Gasteiger partial charge in [0.25, 0.3) is 0 Å². The number of nitrogens with one attached hydrogen (secondary N) is 1. The lowest BCUT2D eigenvalue weighted by Crippen LogP contribution is -2.41. The fraction of sp³-hybridized carbons (Fsp3) is 0.545. The number of carbonyl (C=O) groups excluding carboxylic acids is 1. The van der Waals surface area contributed by atoms with Crippen LogP contribution in [0.1, 0.15) is 10.6 Å². The average molecular weight is 253 g/mol. The van der Waals surface area contributed by atoms with E-state index >= 15 is 0 Å². The molecule has 0 amide bonds. The van der Waals surface area contributed by atoms with Crippen molar-refractivity contribution in [3.05, 3.63) is 18.1 Å². The summed E-state index contributed by atoms with van der Waals surface area (Å²) in [5.41, 5.74) is 0. The van der Waals surface area contributed by atoms with E-state index < -0.39 is 5.97 Å². The van der Waals surface area contributed by atoms with Crippen molar-refractivity contribution >= 4 is 5.97 Å². The Bertz CT molecular complexity index is 407. The molecule has 0 aliphatic carbocycles. The van der Waals surface area contributed by atoms with Gasteiger partial charge in [-0.3, -0.25) is 0 Å². The molecule has 18 heavy (non-hydrogen) atoms. The Labute approximate surface area is 104 Å². The Morgan fingerprint density at radius 2 is 2.56 bits per heavy atom. The smallest absolute Gasteiger partial charge is 0.376 e. The molecule has 0 saturated carbocycles. The Balaban J connectivity index is 1.90. The largest absolute Gasteiger partial charge is 0.475 e. The molecule has 2 heterocycles. The van der Waals surface area contributed by atoms with Crippen LogP contribution in [-0.4, -0.2) is 55.5 Å². The van der Waals surface area contributed by atoms with Crippen LogP contribution in [0.2, 0.25) is 0 Å². The lowest BCUT2D eigenvalue weighted by molar-refractivity contribution is -0.000842. The number of esters is 1. The summed E-state index contributed by atoms with van der Waals surface area (Å²) in [7, 11) is 1.28. The third kappa shape index (κ3) is 3.38. The molecule has 7 heteroatoms. The number of rotatable bonds is 4. The maximum atomic E-state index is 11.2. The standard InChI is InChI=1S/C11H15N3O4/c1-16-11(15)10-13-3-2-9(14-10)18-7-8-6-12-4-5-17-8/h2-3,8,12H,4-7H2,1H3. The van der Waals surface area contributed by atoms with E-state index in [9.17, 15) is 4.79 Å². The van der Waals surface area contributed by atoms with E-state index in [1.807, 2.05) is 0 Å². The summed E-state index contributed by atoms with van der Waals surface area (Å²) >= 11 is 0. The Hall–Kier alpha value is -1.73. The van der Waals surface area contributed by atoms with E-state index in [4.69, 9.17) is 9.47 Å². The highest BCUT2D eigenvalue weighted by atomic mass is 16.5. The Morgan fingerprint density at radius 1 is 1.67 bits per heavy atom. The van der Waals surface area contributed by atoms with Crippen molar-refractivity contribution in [3.63, 3.8) is 0 Å². The van der Waals surface area contributed by atoms with Crippen LogP contribution < -0.4 is 10.1 Å². The molecule has 1 fully saturated rings. The normalized spacial score (nSPS) is 19.3. The molecule has 1 unspecified atom stereocenters. The third-order valence-electron chi connectivity index (χ3n) is 2.42. The van der Waals surface area contributed by atoms with Crippen molar-refractivity contribution < 1.29 is 19.0 Å². The van der Waals surface area contributed by atoms with Crippen molar-refractivity contribution in [2.24, 2.45) is 0 Å². The topological polar surface area (TPSA) is 82.6 Å². The van der Waals surface area contributed by atoms with Crippen molar-refractivity contribution in [2.75, 3.05) is 33.4 Å². The molecular weight excluding hydrogens is 238 g/mol. The van der Waals surface area contributed by atoms with Gasteiger partial charge < -0.3 is 19.5 Å². The van der Waals surface area contributed by atoms with Gasteiger partial charge in [-0.15, -0.1) is 0 Å². The first-order valence-corrected chi connectivity index (χ1v) is 5.66. The second-order valence-electron chi connectivity index (χ2n) is 3.72. The fourth-order valence-electron chi connectivity index (χ4n) is 1.52. The molecule has 1 aromatic heterocycles. The highest BCUT2D eigenvalue weighted by Gasteiger charge is 2.15. The molecule has 1 aromatic rings. The van der Waals surface area contributed by atoms with Crippen molar-refractivity contribution in [2.45, 2.75) is 6.10 Å². The van der Waals surface area contributed by atoms with Crippen LogP contribution in [0.4, 0.5) is 0 Å². The molecular formula is C11H15N3O4. The van der Waals surface area contributed by atoms with E-state index in [1.165, 1.54) is 13.3 Å². The van der Waals surface area contributed by atoms with Crippen molar-refractivity contribution in [1.29, 1.82) is 0 Å². The van der Waals surface area contributed by atoms with Crippen LogP contribution in [0.3, 0.4) is 0 Å². The Kier molecular flexibility index (Phi) is 4.43. The molecule has 1 aliphatic rings. The first kappa shape index (κ1) is 12.7. The maximum absolute atomic E-state index is 11.2. The van der Waals surface area contributed by atoms with E-state index in [0.717, 1.165) is 13.1 Å². The van der Waals surface area contributed by atoms with Gasteiger partial charge in [0.2, 0.25) is 11.7 Å². The zero-order valence-corrected chi connectivity index (χ0v) is 10.1. The second kappa shape index (κ2) is 6.27. The highest BCUT2D eigenvalue weighted by Crippen LogP contribution is 2.07. The van der Waals surface area contributed by atoms with Crippen LogP contribution in [0.25, 0.3) is 0 Å². The van der Waals surface area contributed by atoms with E-state index in [0.29, 0.717) is 19.1 Å². The summed E-state index contributed by atoms with van der Waals surface area (Å²) in [4.78, 5) is 19.0. The monoisotopic (exact) mass is 253 g/mol. The van der Waals surface area contributed by atoms with Gasteiger partial charge in [0.05, 0.1) is 13.7 Å². The fourth-order valence-corrected chi connectivity index (χ4v) is 1.52. The maximum Gasteiger partial charge on any atom is 0.376 e. The van der Waals surface area contributed by atoms with Crippen LogP contribution in [0.15, 0.2) is 12.3 Å². The molecule has 1 aliphatic heterocycles. The molecule has 0 aromatic carbocycles. The van der Waals surface area contributed by atoms with Gasteiger partial charge in [0.15, 0.2) is 0 Å². The number of nitrogens with zero attached hydrogens (tertiary/aromatic N) is 2. The van der Waals surface area contributed by atoms with Crippen molar-refractivity contribution in [1.82, 2.24) is 15.3 Å². The van der Waals surface area contributed by atoms with Gasteiger partial charge in [0, 0.05) is 25.4 Å². The van der Waals surface area contributed by atoms with Crippen molar-refractivity contribution in [3.8, 4) is 5.88 Å². The van der Waals surface area contributed by atoms with Crippen LogP contribution in [0.5, 0.6) is 5.88 Å². The van der Waals surface area contributed by atoms with Crippen LogP contribution in [-0.2, 0) is 9.47 Å². The molecule has 1 saturated heterocycles. The predicted octanol–water partition coefficient (Wildman–Crippen LogP) is -0.370. The summed E-state index contributed by atoms with van der Waals surface area (Å²) in [5.74, 6) is -0.270. The molecule has 7 nitrogen and oxygen atoms in total. The molecule has 2 rings (SSSR count). The minimum atomic E-state index is -0.587. The van der Waals surface area contributed by atoms with E-state index in [1.54, 1.807) is 6.07 Å². The molecule has 0 radical (unpaired) electrons. The summed E-state index contributed by atoms with van der Waals surface area (Å²) in [6.07, 6.45) is 1.45. The number of hydrogen-bond acceptors (Lipinski definition) is 7. The van der Waals surface area contributed by atoms with Gasteiger partial charge >= 0.3 is 5.97 Å². The predicted molar refractivity (Wildman–Crippen MR) is 61.5 cm³/mol. The summed E-state index contributed by atoms with van der Waals surface area (Å²) < 4.78 is 15.5. The number of morpholine rings is 1. The SMILES string of the molecule is COC(=O)c1nccc(OCC2CNCCO2)n1. The van der Waals surface area contributed by atoms with E-state index in [-0.39, 0.29) is 11.9 Å². The highest BCUT2D eigenvalue weighted by molar-refractivity contribution is 5.84. The summed E-state index contributed by atoms with van der Waals surface area (Å²) in [6, 6.07) is 1.59. The third-order valence-corrected chi connectivity index (χ3v) is 2.42. The second-order valence-corrected chi connectivity index (χ2v) is 3.72. The van der Waals surface area contributed by atoms with Gasteiger partial charge in [-0.05, 0) is 0 Å². The number of carbonyl (C=O) groups is 1. The van der Waals surface area contributed by atoms with E-state index in [2.05, 4.69) is 20.0 Å². The number of aromatic nitrogens is 2. The lowest BCUT2D eigenvalue weighted by Gasteiger charge is -2.23. The number of methoxy groups -OCH3 is 1. The van der Waals surface area contributed by atoms with Gasteiger partial charge in [-0.1, -0.05) is 0 Å². The minimum absolute atomic E-state index is 0.00436. The zero-order chi connectivity index (χ0) is 12.8. The summed E-state index contributed by atoms with van der Waals surface area (Å²) in [5, 5.41) is 3.20.